The summed E-state index contributed by atoms with van der Waals surface area (Å²) in [5.41, 5.74) is -0.0484. The number of pyridine rings is 1. The second kappa shape index (κ2) is 4.29. The van der Waals surface area contributed by atoms with E-state index < -0.39 is 10.5 Å². The first-order chi connectivity index (χ1) is 7.99. The number of piperidine rings is 1. The molecule has 0 aliphatic carbocycles. The highest BCUT2D eigenvalue weighted by Crippen LogP contribution is 2.31. The average molecular weight is 237 g/mol. The van der Waals surface area contributed by atoms with Crippen molar-refractivity contribution < 1.29 is 10.0 Å². The first-order valence-electron chi connectivity index (χ1n) is 5.55. The molecule has 0 spiro atoms. The predicted molar refractivity (Wildman–Crippen MR) is 63.0 cm³/mol. The first-order valence-corrected chi connectivity index (χ1v) is 5.55. The van der Waals surface area contributed by atoms with Gasteiger partial charge in [-0.05, 0) is 25.8 Å². The summed E-state index contributed by atoms with van der Waals surface area (Å²) >= 11 is 0. The van der Waals surface area contributed by atoms with Crippen LogP contribution in [0.4, 0.5) is 11.4 Å². The highest BCUT2D eigenvalue weighted by Gasteiger charge is 2.30. The Bertz CT molecular complexity index is 424. The maximum absolute atomic E-state index is 10.9. The van der Waals surface area contributed by atoms with E-state index in [9.17, 15) is 15.2 Å². The van der Waals surface area contributed by atoms with Gasteiger partial charge in [0.25, 0.3) is 0 Å². The van der Waals surface area contributed by atoms with Crippen LogP contribution in [0.5, 0.6) is 0 Å². The Morgan fingerprint density at radius 1 is 1.53 bits per heavy atom. The monoisotopic (exact) mass is 237 g/mol. The summed E-state index contributed by atoms with van der Waals surface area (Å²) in [6.07, 6.45) is 4.05. The largest absolute Gasteiger partial charge is 0.390 e. The molecule has 2 rings (SSSR count). The molecule has 1 aliphatic rings. The van der Waals surface area contributed by atoms with E-state index in [1.807, 2.05) is 4.90 Å². The van der Waals surface area contributed by atoms with Gasteiger partial charge >= 0.3 is 5.69 Å². The fourth-order valence-electron chi connectivity index (χ4n) is 2.02. The number of anilines is 1. The Morgan fingerprint density at radius 2 is 2.18 bits per heavy atom. The van der Waals surface area contributed by atoms with Gasteiger partial charge < -0.3 is 10.0 Å². The highest BCUT2D eigenvalue weighted by molar-refractivity contribution is 5.61. The van der Waals surface area contributed by atoms with Gasteiger partial charge in [0.15, 0.2) is 0 Å². The summed E-state index contributed by atoms with van der Waals surface area (Å²) in [7, 11) is 0. The van der Waals surface area contributed by atoms with Crippen LogP contribution in [0.1, 0.15) is 19.8 Å². The van der Waals surface area contributed by atoms with E-state index in [1.54, 1.807) is 19.2 Å². The Labute approximate surface area is 99.0 Å². The van der Waals surface area contributed by atoms with Crippen LogP contribution in [0.3, 0.4) is 0 Å². The Balaban J connectivity index is 2.21. The second-order valence-electron chi connectivity index (χ2n) is 4.61. The number of rotatable bonds is 2. The van der Waals surface area contributed by atoms with Crippen molar-refractivity contribution in [3.05, 3.63) is 28.6 Å². The third kappa shape index (κ3) is 2.52. The maximum Gasteiger partial charge on any atom is 0.310 e. The molecule has 0 amide bonds. The molecule has 0 bridgehead atoms. The fourth-order valence-corrected chi connectivity index (χ4v) is 2.02. The lowest BCUT2D eigenvalue weighted by Crippen LogP contribution is -2.42. The molecule has 92 valence electrons. The molecule has 1 N–H and O–H groups in total. The van der Waals surface area contributed by atoms with Crippen molar-refractivity contribution in [1.82, 2.24) is 4.98 Å². The molecule has 2 heterocycles. The lowest BCUT2D eigenvalue weighted by molar-refractivity contribution is -0.384. The van der Waals surface area contributed by atoms with Gasteiger partial charge in [0.1, 0.15) is 11.9 Å². The standard InChI is InChI=1S/C11H15N3O3/c1-11(15)3-6-13(7-4-11)9-2-5-12-8-10(9)14(16)17/h2,5,8,15H,3-4,6-7H2,1H3. The number of hydrogen-bond acceptors (Lipinski definition) is 5. The zero-order valence-electron chi connectivity index (χ0n) is 9.67. The second-order valence-corrected chi connectivity index (χ2v) is 4.61. The number of nitro groups is 1. The summed E-state index contributed by atoms with van der Waals surface area (Å²) < 4.78 is 0. The van der Waals surface area contributed by atoms with E-state index in [4.69, 9.17) is 0 Å². The van der Waals surface area contributed by atoms with Crippen LogP contribution in [0.2, 0.25) is 0 Å². The Hall–Kier alpha value is -1.69. The summed E-state index contributed by atoms with van der Waals surface area (Å²) in [6.45, 7) is 3.04. The molecule has 1 aromatic rings. The molecule has 0 radical (unpaired) electrons. The molecule has 1 saturated heterocycles. The van der Waals surface area contributed by atoms with Crippen LogP contribution >= 0.6 is 0 Å². The van der Waals surface area contributed by atoms with Crippen molar-refractivity contribution in [2.24, 2.45) is 0 Å². The molecule has 0 atom stereocenters. The first kappa shape index (κ1) is 11.8. The zero-order chi connectivity index (χ0) is 12.5. The average Bonchev–Trinajstić information content (AvgIpc) is 2.29. The molecule has 0 saturated carbocycles. The van der Waals surface area contributed by atoms with Crippen LogP contribution < -0.4 is 4.90 Å². The topological polar surface area (TPSA) is 79.5 Å². The minimum Gasteiger partial charge on any atom is -0.390 e. The normalized spacial score (nSPS) is 19.1. The van der Waals surface area contributed by atoms with Crippen LogP contribution in [0.15, 0.2) is 18.5 Å². The van der Waals surface area contributed by atoms with Gasteiger partial charge in [0, 0.05) is 19.3 Å². The number of aromatic nitrogens is 1. The summed E-state index contributed by atoms with van der Waals surface area (Å²) in [5, 5.41) is 20.7. The maximum atomic E-state index is 10.9. The molecule has 6 heteroatoms. The predicted octanol–water partition coefficient (Wildman–Crippen LogP) is 1.34. The van der Waals surface area contributed by atoms with Crippen LogP contribution in [-0.2, 0) is 0 Å². The van der Waals surface area contributed by atoms with Crippen LogP contribution in [-0.4, -0.2) is 33.7 Å². The van der Waals surface area contributed by atoms with Gasteiger partial charge in [-0.1, -0.05) is 0 Å². The van der Waals surface area contributed by atoms with Gasteiger partial charge in [-0.2, -0.15) is 0 Å². The number of nitrogens with zero attached hydrogens (tertiary/aromatic N) is 3. The number of hydrogen-bond donors (Lipinski definition) is 1. The van der Waals surface area contributed by atoms with E-state index in [0.717, 1.165) is 0 Å². The van der Waals surface area contributed by atoms with E-state index >= 15 is 0 Å². The molecular formula is C11H15N3O3. The smallest absolute Gasteiger partial charge is 0.310 e. The van der Waals surface area contributed by atoms with Crippen molar-refractivity contribution in [2.45, 2.75) is 25.4 Å². The van der Waals surface area contributed by atoms with Crippen molar-refractivity contribution >= 4 is 11.4 Å². The number of aliphatic hydroxyl groups is 1. The van der Waals surface area contributed by atoms with Crippen LogP contribution in [0.25, 0.3) is 0 Å². The Morgan fingerprint density at radius 3 is 2.76 bits per heavy atom. The minimum atomic E-state index is -0.654. The van der Waals surface area contributed by atoms with Crippen LogP contribution in [0, 0.1) is 10.1 Å². The Kier molecular flexibility index (Phi) is 2.97. The van der Waals surface area contributed by atoms with E-state index in [2.05, 4.69) is 4.98 Å². The van der Waals surface area contributed by atoms with Crippen molar-refractivity contribution in [1.29, 1.82) is 0 Å². The van der Waals surface area contributed by atoms with Gasteiger partial charge in [0.2, 0.25) is 0 Å². The molecule has 17 heavy (non-hydrogen) atoms. The van der Waals surface area contributed by atoms with Crippen molar-refractivity contribution in [3.8, 4) is 0 Å². The summed E-state index contributed by atoms with van der Waals surface area (Å²) in [6, 6.07) is 1.65. The minimum absolute atomic E-state index is 0.0223. The van der Waals surface area contributed by atoms with E-state index in [0.29, 0.717) is 31.6 Å². The van der Waals surface area contributed by atoms with Gasteiger partial charge in [0.05, 0.1) is 10.5 Å². The third-order valence-electron chi connectivity index (χ3n) is 3.16. The summed E-state index contributed by atoms with van der Waals surface area (Å²) in [4.78, 5) is 16.2. The van der Waals surface area contributed by atoms with E-state index in [-0.39, 0.29) is 5.69 Å². The molecule has 0 aromatic carbocycles. The molecule has 1 aliphatic heterocycles. The highest BCUT2D eigenvalue weighted by atomic mass is 16.6. The third-order valence-corrected chi connectivity index (χ3v) is 3.16. The SMILES string of the molecule is CC1(O)CCN(c2ccncc2[N+](=O)[O-])CC1. The van der Waals surface area contributed by atoms with Crippen molar-refractivity contribution in [2.75, 3.05) is 18.0 Å². The molecule has 1 aromatic heterocycles. The quantitative estimate of drug-likeness (QED) is 0.620. The van der Waals surface area contributed by atoms with Gasteiger partial charge in [-0.25, -0.2) is 0 Å². The lowest BCUT2D eigenvalue weighted by atomic mass is 9.93. The fraction of sp³-hybridized carbons (Fsp3) is 0.545. The molecule has 6 nitrogen and oxygen atoms in total. The van der Waals surface area contributed by atoms with Gasteiger partial charge in [-0.15, -0.1) is 0 Å². The summed E-state index contributed by atoms with van der Waals surface area (Å²) in [5.74, 6) is 0. The van der Waals surface area contributed by atoms with Crippen molar-refractivity contribution in [3.63, 3.8) is 0 Å². The lowest BCUT2D eigenvalue weighted by Gasteiger charge is -2.36. The molecule has 1 fully saturated rings. The zero-order valence-corrected chi connectivity index (χ0v) is 9.67. The van der Waals surface area contributed by atoms with E-state index in [1.165, 1.54) is 6.20 Å². The molecular weight excluding hydrogens is 222 g/mol. The van der Waals surface area contributed by atoms with Gasteiger partial charge in [-0.3, -0.25) is 15.1 Å². The molecule has 0 unspecified atom stereocenters.